The monoisotopic (exact) mass is 449 g/mol. The lowest BCUT2D eigenvalue weighted by Crippen LogP contribution is -2.27. The largest absolute Gasteiger partial charge is 0.344 e. The number of fused-ring (bicyclic) bond motifs is 4. The van der Waals surface area contributed by atoms with Crippen molar-refractivity contribution in [3.05, 3.63) is 95.7 Å². The van der Waals surface area contributed by atoms with Crippen LogP contribution in [0.5, 0.6) is 0 Å². The lowest BCUT2D eigenvalue weighted by Gasteiger charge is -2.27. The maximum absolute atomic E-state index is 2.57. The molecule has 2 nitrogen and oxygen atoms in total. The summed E-state index contributed by atoms with van der Waals surface area (Å²) in [4.78, 5) is 2.57. The Morgan fingerprint density at radius 3 is 2.38 bits per heavy atom. The SMILES string of the molecule is CCCCN1/C(=C/C=CC2=[N+](C)c3ccccc3C2(C)C)C(C)(C)c2c1ccc1ccccc21. The minimum absolute atomic E-state index is 0.00733. The smallest absolute Gasteiger partial charge is 0.209 e. The van der Waals surface area contributed by atoms with Crippen LogP contribution in [0, 0.1) is 0 Å². The number of benzene rings is 3. The van der Waals surface area contributed by atoms with Crippen LogP contribution >= 0.6 is 0 Å². The first-order valence-corrected chi connectivity index (χ1v) is 12.7. The molecule has 2 aliphatic heterocycles. The van der Waals surface area contributed by atoms with Gasteiger partial charge in [-0.05, 0) is 48.7 Å². The Labute approximate surface area is 204 Å². The molecule has 0 spiro atoms. The van der Waals surface area contributed by atoms with Crippen molar-refractivity contribution in [1.29, 1.82) is 0 Å². The van der Waals surface area contributed by atoms with E-state index in [-0.39, 0.29) is 10.8 Å². The van der Waals surface area contributed by atoms with Crippen LogP contribution in [0.3, 0.4) is 0 Å². The summed E-state index contributed by atoms with van der Waals surface area (Å²) in [6.07, 6.45) is 9.35. The summed E-state index contributed by atoms with van der Waals surface area (Å²) >= 11 is 0. The molecule has 0 fully saturated rings. The third kappa shape index (κ3) is 3.35. The van der Waals surface area contributed by atoms with Gasteiger partial charge >= 0.3 is 0 Å². The van der Waals surface area contributed by atoms with E-state index in [1.807, 2.05) is 0 Å². The predicted molar refractivity (Wildman–Crippen MR) is 147 cm³/mol. The van der Waals surface area contributed by atoms with Gasteiger partial charge in [-0.3, -0.25) is 0 Å². The van der Waals surface area contributed by atoms with E-state index < -0.39 is 0 Å². The standard InChI is InChI=1S/C32H37N2/c1-7-8-22-34-27-21-20-23-14-9-10-15-24(23)30(27)32(4,5)29(34)19-13-18-28-31(2,3)25-16-11-12-17-26(25)33(28)6/h9-21H,7-8,22H2,1-6H3/q+1. The van der Waals surface area contributed by atoms with Crippen molar-refractivity contribution in [2.24, 2.45) is 0 Å². The molecule has 2 heterocycles. The third-order valence-electron chi connectivity index (χ3n) is 7.94. The molecule has 174 valence electrons. The van der Waals surface area contributed by atoms with Crippen molar-refractivity contribution in [2.45, 2.75) is 58.3 Å². The number of para-hydroxylation sites is 1. The highest BCUT2D eigenvalue weighted by Gasteiger charge is 2.43. The predicted octanol–water partition coefficient (Wildman–Crippen LogP) is 7.88. The summed E-state index contributed by atoms with van der Waals surface area (Å²) in [5, 5.41) is 2.70. The molecule has 0 N–H and O–H groups in total. The number of rotatable bonds is 5. The van der Waals surface area contributed by atoms with Crippen LogP contribution in [-0.4, -0.2) is 23.9 Å². The Morgan fingerprint density at radius 2 is 1.62 bits per heavy atom. The van der Waals surface area contributed by atoms with Crippen LogP contribution in [0.25, 0.3) is 10.8 Å². The fourth-order valence-corrected chi connectivity index (χ4v) is 6.12. The number of nitrogens with zero attached hydrogens (tertiary/aromatic N) is 2. The van der Waals surface area contributed by atoms with Gasteiger partial charge in [0.1, 0.15) is 7.05 Å². The van der Waals surface area contributed by atoms with Crippen LogP contribution in [-0.2, 0) is 10.8 Å². The van der Waals surface area contributed by atoms with Gasteiger partial charge in [0.25, 0.3) is 0 Å². The van der Waals surface area contributed by atoms with Crippen LogP contribution in [0.2, 0.25) is 0 Å². The Hall–Kier alpha value is -3.13. The van der Waals surface area contributed by atoms with Crippen LogP contribution in [0.15, 0.2) is 84.6 Å². The van der Waals surface area contributed by atoms with E-state index >= 15 is 0 Å². The molecule has 3 aromatic rings. The van der Waals surface area contributed by atoms with E-state index in [1.54, 1.807) is 0 Å². The third-order valence-corrected chi connectivity index (χ3v) is 7.94. The maximum atomic E-state index is 2.57. The summed E-state index contributed by atoms with van der Waals surface area (Å²) in [7, 11) is 2.19. The second-order valence-electron chi connectivity index (χ2n) is 10.8. The zero-order chi connectivity index (χ0) is 24.1. The van der Waals surface area contributed by atoms with Gasteiger partial charge < -0.3 is 4.90 Å². The first kappa shape index (κ1) is 22.7. The van der Waals surface area contributed by atoms with E-state index in [0.29, 0.717) is 0 Å². The molecule has 0 bridgehead atoms. The number of hydrogen-bond acceptors (Lipinski definition) is 1. The van der Waals surface area contributed by atoms with E-state index in [9.17, 15) is 0 Å². The summed E-state index contributed by atoms with van der Waals surface area (Å²) in [6.45, 7) is 12.8. The molecule has 0 atom stereocenters. The summed E-state index contributed by atoms with van der Waals surface area (Å²) in [6, 6.07) is 22.2. The number of unbranched alkanes of at least 4 members (excludes halogenated alkanes) is 1. The van der Waals surface area contributed by atoms with Gasteiger partial charge in [0.2, 0.25) is 5.69 Å². The van der Waals surface area contributed by atoms with Gasteiger partial charge in [0.15, 0.2) is 5.71 Å². The molecule has 34 heavy (non-hydrogen) atoms. The minimum Gasteiger partial charge on any atom is -0.344 e. The highest BCUT2D eigenvalue weighted by Crippen LogP contribution is 2.50. The van der Waals surface area contributed by atoms with Gasteiger partial charge in [-0.1, -0.05) is 81.8 Å². The zero-order valence-corrected chi connectivity index (χ0v) is 21.5. The minimum atomic E-state index is -0.0565. The lowest BCUT2D eigenvalue weighted by atomic mass is 9.80. The quantitative estimate of drug-likeness (QED) is 0.359. The highest BCUT2D eigenvalue weighted by atomic mass is 15.2. The van der Waals surface area contributed by atoms with Crippen molar-refractivity contribution < 1.29 is 4.58 Å². The average Bonchev–Trinajstić information content (AvgIpc) is 3.17. The van der Waals surface area contributed by atoms with Crippen molar-refractivity contribution in [3.8, 4) is 0 Å². The number of allylic oxidation sites excluding steroid dienone is 4. The molecule has 0 amide bonds. The topological polar surface area (TPSA) is 6.25 Å². The zero-order valence-electron chi connectivity index (χ0n) is 21.5. The Balaban J connectivity index is 1.58. The van der Waals surface area contributed by atoms with Crippen LogP contribution < -0.4 is 4.90 Å². The van der Waals surface area contributed by atoms with E-state index in [0.717, 1.165) is 6.54 Å². The van der Waals surface area contributed by atoms with Gasteiger partial charge in [-0.25, -0.2) is 0 Å². The summed E-state index contributed by atoms with van der Waals surface area (Å²) in [5.41, 5.74) is 8.20. The molecule has 2 heteroatoms. The normalized spacial score (nSPS) is 19.5. The van der Waals surface area contributed by atoms with E-state index in [4.69, 9.17) is 0 Å². The van der Waals surface area contributed by atoms with Gasteiger partial charge in [0, 0.05) is 41.1 Å². The molecular formula is C32H37N2+. The molecule has 0 aliphatic carbocycles. The molecule has 0 aromatic heterocycles. The molecule has 0 saturated heterocycles. The van der Waals surface area contributed by atoms with Crippen molar-refractivity contribution in [1.82, 2.24) is 0 Å². The van der Waals surface area contributed by atoms with Gasteiger partial charge in [0.05, 0.1) is 5.41 Å². The molecule has 0 radical (unpaired) electrons. The first-order valence-electron chi connectivity index (χ1n) is 12.7. The average molecular weight is 450 g/mol. The maximum Gasteiger partial charge on any atom is 0.209 e. The Kier molecular flexibility index (Phi) is 5.51. The second kappa shape index (κ2) is 8.27. The van der Waals surface area contributed by atoms with E-state index in [2.05, 4.69) is 130 Å². The molecule has 0 unspecified atom stereocenters. The number of hydrogen-bond donors (Lipinski definition) is 0. The molecule has 5 rings (SSSR count). The van der Waals surface area contributed by atoms with Crippen molar-refractivity contribution in [2.75, 3.05) is 18.5 Å². The lowest BCUT2D eigenvalue weighted by molar-refractivity contribution is -0.401. The van der Waals surface area contributed by atoms with Crippen LogP contribution in [0.1, 0.15) is 58.6 Å². The van der Waals surface area contributed by atoms with Crippen molar-refractivity contribution >= 4 is 27.9 Å². The molecular weight excluding hydrogens is 412 g/mol. The van der Waals surface area contributed by atoms with E-state index in [1.165, 1.54) is 57.5 Å². The van der Waals surface area contributed by atoms with Crippen LogP contribution in [0.4, 0.5) is 11.4 Å². The second-order valence-corrected chi connectivity index (χ2v) is 10.8. The summed E-state index contributed by atoms with van der Waals surface area (Å²) in [5.74, 6) is 0. The molecule has 2 aliphatic rings. The molecule has 0 saturated carbocycles. The molecule has 3 aromatic carbocycles. The van der Waals surface area contributed by atoms with Crippen molar-refractivity contribution in [3.63, 3.8) is 0 Å². The van der Waals surface area contributed by atoms with Gasteiger partial charge in [-0.15, -0.1) is 0 Å². The summed E-state index contributed by atoms with van der Waals surface area (Å²) < 4.78 is 2.35. The Morgan fingerprint density at radius 1 is 0.882 bits per heavy atom. The van der Waals surface area contributed by atoms with Gasteiger partial charge in [-0.2, -0.15) is 4.58 Å². The fraction of sp³-hybridized carbons (Fsp3) is 0.344. The fourth-order valence-electron chi connectivity index (χ4n) is 6.12. The number of anilines is 1. The highest BCUT2D eigenvalue weighted by molar-refractivity contribution is 6.03. The first-order chi connectivity index (χ1) is 16.3. The Bertz CT molecular complexity index is 1350.